The number of aryl methyl sites for hydroxylation is 1. The number of amides is 2. The first-order chi connectivity index (χ1) is 17.7. The van der Waals surface area contributed by atoms with Crippen molar-refractivity contribution in [2.45, 2.75) is 13.5 Å². The van der Waals surface area contributed by atoms with Gasteiger partial charge in [0.2, 0.25) is 0 Å². The van der Waals surface area contributed by atoms with Crippen molar-refractivity contribution in [3.8, 4) is 11.5 Å². The molecule has 3 aromatic carbocycles. The number of methoxy groups -OCH3 is 1. The predicted octanol–water partition coefficient (Wildman–Crippen LogP) is 6.68. The molecule has 6 nitrogen and oxygen atoms in total. The number of halogens is 3. The van der Waals surface area contributed by atoms with Crippen LogP contribution in [-0.4, -0.2) is 28.3 Å². The van der Waals surface area contributed by atoms with E-state index in [-0.39, 0.29) is 27.3 Å². The van der Waals surface area contributed by atoms with Gasteiger partial charge in [-0.1, -0.05) is 41.6 Å². The molecule has 11 heteroatoms. The fourth-order valence-electron chi connectivity index (χ4n) is 3.38. The van der Waals surface area contributed by atoms with Crippen molar-refractivity contribution < 1.29 is 23.5 Å². The number of nitrogens with zero attached hydrogens (tertiary/aromatic N) is 1. The number of nitrogens with one attached hydrogen (secondary N) is 1. The molecule has 0 radical (unpaired) electrons. The molecule has 4 rings (SSSR count). The number of hydrazine groups is 1. The lowest BCUT2D eigenvalue weighted by atomic mass is 10.1. The summed E-state index contributed by atoms with van der Waals surface area (Å²) in [5.74, 6) is -0.456. The van der Waals surface area contributed by atoms with Gasteiger partial charge >= 0.3 is 0 Å². The molecule has 1 N–H and O–H groups in total. The quantitative estimate of drug-likeness (QED) is 0.234. The van der Waals surface area contributed by atoms with Crippen LogP contribution in [0.2, 0.25) is 5.02 Å². The summed E-state index contributed by atoms with van der Waals surface area (Å²) in [4.78, 5) is 26.0. The second kappa shape index (κ2) is 11.6. The highest BCUT2D eigenvalue weighted by Gasteiger charge is 2.34. The monoisotopic (exact) mass is 620 g/mol. The number of rotatable bonds is 7. The van der Waals surface area contributed by atoms with E-state index in [0.717, 1.165) is 27.9 Å². The van der Waals surface area contributed by atoms with E-state index in [2.05, 4.69) is 21.4 Å². The average molecular weight is 622 g/mol. The molecular formula is C26H19BrClFN2O4S2. The van der Waals surface area contributed by atoms with Crippen LogP contribution >= 0.6 is 51.5 Å². The lowest BCUT2D eigenvalue weighted by molar-refractivity contribution is -0.123. The van der Waals surface area contributed by atoms with Crippen LogP contribution in [-0.2, 0) is 11.4 Å². The van der Waals surface area contributed by atoms with Crippen molar-refractivity contribution in [1.29, 1.82) is 0 Å². The molecule has 0 spiro atoms. The van der Waals surface area contributed by atoms with Gasteiger partial charge in [-0.15, -0.1) is 0 Å². The predicted molar refractivity (Wildman–Crippen MR) is 150 cm³/mol. The van der Waals surface area contributed by atoms with Crippen LogP contribution in [0.25, 0.3) is 6.08 Å². The first-order valence-corrected chi connectivity index (χ1v) is 13.2. The number of hydrogen-bond acceptors (Lipinski definition) is 6. The van der Waals surface area contributed by atoms with Gasteiger partial charge in [-0.3, -0.25) is 15.0 Å². The van der Waals surface area contributed by atoms with Crippen LogP contribution in [0.5, 0.6) is 11.5 Å². The number of carbonyl (C=O) groups is 2. The number of benzene rings is 3. The summed E-state index contributed by atoms with van der Waals surface area (Å²) >= 11 is 16.0. The average Bonchev–Trinajstić information content (AvgIpc) is 3.11. The molecule has 1 heterocycles. The Morgan fingerprint density at radius 1 is 1.22 bits per heavy atom. The molecule has 0 atom stereocenters. The van der Waals surface area contributed by atoms with Crippen molar-refractivity contribution in [2.24, 2.45) is 0 Å². The Morgan fingerprint density at radius 2 is 1.95 bits per heavy atom. The maximum Gasteiger partial charge on any atom is 0.285 e. The third kappa shape index (κ3) is 6.32. The van der Waals surface area contributed by atoms with Crippen molar-refractivity contribution in [3.05, 3.63) is 97.1 Å². The maximum atomic E-state index is 13.2. The summed E-state index contributed by atoms with van der Waals surface area (Å²) in [7, 11) is 1.50. The summed E-state index contributed by atoms with van der Waals surface area (Å²) in [5, 5.41) is 1.30. The number of thiocarbonyl (C=S) groups is 1. The second-order valence-electron chi connectivity index (χ2n) is 7.89. The van der Waals surface area contributed by atoms with Gasteiger partial charge in [-0.25, -0.2) is 4.39 Å². The van der Waals surface area contributed by atoms with Gasteiger partial charge in [0.1, 0.15) is 12.4 Å². The zero-order valence-electron chi connectivity index (χ0n) is 19.5. The van der Waals surface area contributed by atoms with Crippen molar-refractivity contribution in [2.75, 3.05) is 7.11 Å². The molecule has 37 heavy (non-hydrogen) atoms. The maximum absolute atomic E-state index is 13.2. The first kappa shape index (κ1) is 27.1. The first-order valence-electron chi connectivity index (χ1n) is 10.8. The van der Waals surface area contributed by atoms with E-state index in [9.17, 15) is 14.0 Å². The third-order valence-corrected chi connectivity index (χ3v) is 7.43. The van der Waals surface area contributed by atoms with Crippen LogP contribution in [0.4, 0.5) is 4.39 Å². The van der Waals surface area contributed by atoms with E-state index in [4.69, 9.17) is 33.3 Å². The van der Waals surface area contributed by atoms with E-state index in [1.165, 1.54) is 19.2 Å². The third-order valence-electron chi connectivity index (χ3n) is 5.22. The number of hydrogen-bond donors (Lipinski definition) is 1. The molecule has 1 aliphatic heterocycles. The molecule has 0 saturated carbocycles. The van der Waals surface area contributed by atoms with Gasteiger partial charge in [0.15, 0.2) is 15.8 Å². The van der Waals surface area contributed by atoms with Crippen LogP contribution in [0.15, 0.2) is 64.0 Å². The smallest absolute Gasteiger partial charge is 0.285 e. The molecule has 0 bridgehead atoms. The van der Waals surface area contributed by atoms with Crippen molar-refractivity contribution >= 4 is 73.7 Å². The standard InChI is InChI=1S/C26H19BrClFN2O4S2/c1-14-3-8-18(20(28)9-14)24(32)30-31-25(33)22(37-26(31)36)12-16-10-19(27)23(21(11-16)34-2)35-13-15-4-6-17(29)7-5-15/h3-12H,13H2,1-2H3,(H,30,32)/b22-12+. The second-order valence-corrected chi connectivity index (χ2v) is 10.8. The molecule has 2 amide bonds. The molecule has 0 unspecified atom stereocenters. The summed E-state index contributed by atoms with van der Waals surface area (Å²) in [6, 6.07) is 14.5. The highest BCUT2D eigenvalue weighted by atomic mass is 79.9. The Bertz CT molecular complexity index is 1430. The molecule has 0 aromatic heterocycles. The molecule has 190 valence electrons. The van der Waals surface area contributed by atoms with Gasteiger partial charge in [0, 0.05) is 0 Å². The number of ether oxygens (including phenoxy) is 2. The molecule has 1 aliphatic rings. The minimum absolute atomic E-state index is 0.179. The van der Waals surface area contributed by atoms with E-state index in [1.807, 2.05) is 6.92 Å². The summed E-state index contributed by atoms with van der Waals surface area (Å²) in [5.41, 5.74) is 5.10. The van der Waals surface area contributed by atoms with Crippen LogP contribution < -0.4 is 14.9 Å². The van der Waals surface area contributed by atoms with Gasteiger partial charge in [-0.05, 0) is 94.2 Å². The summed E-state index contributed by atoms with van der Waals surface area (Å²) in [6.07, 6.45) is 1.64. The van der Waals surface area contributed by atoms with Gasteiger partial charge in [-0.2, -0.15) is 5.01 Å². The van der Waals surface area contributed by atoms with E-state index < -0.39 is 11.8 Å². The van der Waals surface area contributed by atoms with Gasteiger partial charge in [0.25, 0.3) is 11.8 Å². The zero-order chi connectivity index (χ0) is 26.7. The number of thioether (sulfide) groups is 1. The molecule has 1 fully saturated rings. The lowest BCUT2D eigenvalue weighted by Crippen LogP contribution is -2.44. The SMILES string of the molecule is COc1cc(/C=C2/SC(=S)N(NC(=O)c3ccc(C)cc3Cl)C2=O)cc(Br)c1OCc1ccc(F)cc1. The van der Waals surface area contributed by atoms with Crippen molar-refractivity contribution in [1.82, 2.24) is 10.4 Å². The molecule has 1 saturated heterocycles. The van der Waals surface area contributed by atoms with Crippen molar-refractivity contribution in [3.63, 3.8) is 0 Å². The van der Waals surface area contributed by atoms with Crippen LogP contribution in [0.3, 0.4) is 0 Å². The normalized spacial score (nSPS) is 14.3. The zero-order valence-corrected chi connectivity index (χ0v) is 23.5. The molecular weight excluding hydrogens is 603 g/mol. The Hall–Kier alpha value is -2.92. The Labute approximate surface area is 235 Å². The highest BCUT2D eigenvalue weighted by Crippen LogP contribution is 2.39. The van der Waals surface area contributed by atoms with Gasteiger partial charge in [0.05, 0.1) is 27.1 Å². The van der Waals surface area contributed by atoms with Crippen LogP contribution in [0, 0.1) is 12.7 Å². The summed E-state index contributed by atoms with van der Waals surface area (Å²) in [6.45, 7) is 2.07. The number of carbonyl (C=O) groups excluding carboxylic acids is 2. The van der Waals surface area contributed by atoms with Gasteiger partial charge < -0.3 is 9.47 Å². The molecule has 0 aliphatic carbocycles. The van der Waals surface area contributed by atoms with E-state index in [0.29, 0.717) is 26.4 Å². The Morgan fingerprint density at radius 3 is 2.62 bits per heavy atom. The topological polar surface area (TPSA) is 67.9 Å². The largest absolute Gasteiger partial charge is 0.493 e. The minimum atomic E-state index is -0.547. The Balaban J connectivity index is 1.51. The summed E-state index contributed by atoms with van der Waals surface area (Å²) < 4.78 is 25.3. The molecule has 3 aromatic rings. The minimum Gasteiger partial charge on any atom is -0.493 e. The lowest BCUT2D eigenvalue weighted by Gasteiger charge is -2.16. The van der Waals surface area contributed by atoms with Crippen LogP contribution in [0.1, 0.15) is 27.0 Å². The fraction of sp³-hybridized carbons (Fsp3) is 0.115. The van der Waals surface area contributed by atoms with E-state index >= 15 is 0 Å². The highest BCUT2D eigenvalue weighted by molar-refractivity contribution is 9.10. The fourth-order valence-corrected chi connectivity index (χ4v) is 5.46. The van der Waals surface area contributed by atoms with E-state index in [1.54, 1.807) is 48.5 Å². The Kier molecular flexibility index (Phi) is 8.53.